The van der Waals surface area contributed by atoms with Crippen LogP contribution >= 0.6 is 0 Å². The molecule has 2 rings (SSSR count). The minimum atomic E-state index is -2.54. The smallest absolute Gasteiger partial charge is 0.282 e. The molecule has 1 fully saturated rings. The van der Waals surface area contributed by atoms with Crippen LogP contribution in [0.2, 0.25) is 0 Å². The van der Waals surface area contributed by atoms with Crippen LogP contribution in [0.1, 0.15) is 26.5 Å². The Kier molecular flexibility index (Phi) is 2.26. The van der Waals surface area contributed by atoms with Crippen molar-refractivity contribution in [2.75, 3.05) is 18.0 Å². The van der Waals surface area contributed by atoms with Crippen LogP contribution in [-0.4, -0.2) is 28.8 Å². The molecule has 1 saturated heterocycles. The summed E-state index contributed by atoms with van der Waals surface area (Å²) in [5.41, 5.74) is 1.03. The van der Waals surface area contributed by atoms with Crippen LogP contribution in [-0.2, 0) is 12.5 Å². The maximum atomic E-state index is 12.7. The Bertz CT molecular complexity index is 396. The molecule has 1 aromatic rings. The molecule has 0 N–H and O–H groups in total. The van der Waals surface area contributed by atoms with Crippen LogP contribution in [0.4, 0.5) is 14.6 Å². The molecule has 0 atom stereocenters. The minimum Gasteiger partial charge on any atom is -0.343 e. The van der Waals surface area contributed by atoms with Crippen molar-refractivity contribution in [2.45, 2.75) is 32.1 Å². The molecule has 0 aliphatic carbocycles. The summed E-state index contributed by atoms with van der Waals surface area (Å²) in [6.45, 7) is 5.82. The number of hydrogen-bond donors (Lipinski definition) is 0. The first kappa shape index (κ1) is 11.4. The zero-order chi connectivity index (χ0) is 12.1. The van der Waals surface area contributed by atoms with Crippen LogP contribution in [0.25, 0.3) is 0 Å². The molecule has 0 aromatic carbocycles. The molecule has 1 aliphatic heterocycles. The number of aryl methyl sites for hydroxylation is 1. The quantitative estimate of drug-likeness (QED) is 0.736. The van der Waals surface area contributed by atoms with Crippen LogP contribution in [0.15, 0.2) is 6.07 Å². The summed E-state index contributed by atoms with van der Waals surface area (Å²) in [4.78, 5) is 1.61. The summed E-state index contributed by atoms with van der Waals surface area (Å²) in [6, 6.07) is 1.90. The van der Waals surface area contributed by atoms with Gasteiger partial charge in [-0.25, -0.2) is 8.78 Å². The standard InChI is InChI=1S/C11H17F2N3/c1-10(2,3)8-5-9(14-15(8)4)16-6-11(12,13)7-16/h5H,6-7H2,1-4H3. The van der Waals surface area contributed by atoms with Gasteiger partial charge in [-0.15, -0.1) is 0 Å². The molecule has 0 bridgehead atoms. The Hall–Kier alpha value is -1.13. The summed E-state index contributed by atoms with van der Waals surface area (Å²) in [6.07, 6.45) is 0. The number of anilines is 1. The van der Waals surface area contributed by atoms with Gasteiger partial charge in [0.2, 0.25) is 0 Å². The van der Waals surface area contributed by atoms with Crippen LogP contribution in [0.3, 0.4) is 0 Å². The average molecular weight is 229 g/mol. The normalized spacial score (nSPS) is 19.8. The fourth-order valence-corrected chi connectivity index (χ4v) is 1.98. The number of alkyl halides is 2. The molecule has 90 valence electrons. The molecule has 0 unspecified atom stereocenters. The molecule has 0 spiro atoms. The molecule has 16 heavy (non-hydrogen) atoms. The molecule has 0 amide bonds. The van der Waals surface area contributed by atoms with Gasteiger partial charge < -0.3 is 4.90 Å². The first-order valence-corrected chi connectivity index (χ1v) is 5.36. The Morgan fingerprint density at radius 3 is 2.25 bits per heavy atom. The second-order valence-electron chi connectivity index (χ2n) is 5.47. The molecule has 5 heteroatoms. The summed E-state index contributed by atoms with van der Waals surface area (Å²) >= 11 is 0. The lowest BCUT2D eigenvalue weighted by Crippen LogP contribution is -2.56. The molecular formula is C11H17F2N3. The van der Waals surface area contributed by atoms with E-state index in [0.717, 1.165) is 5.69 Å². The van der Waals surface area contributed by atoms with Gasteiger partial charge in [-0.1, -0.05) is 20.8 Å². The first-order valence-electron chi connectivity index (χ1n) is 5.36. The molecule has 3 nitrogen and oxygen atoms in total. The van der Waals surface area contributed by atoms with Crippen molar-refractivity contribution < 1.29 is 8.78 Å². The van der Waals surface area contributed by atoms with E-state index in [0.29, 0.717) is 5.82 Å². The average Bonchev–Trinajstić information content (AvgIpc) is 2.41. The van der Waals surface area contributed by atoms with E-state index in [1.165, 1.54) is 0 Å². The number of halogens is 2. The largest absolute Gasteiger partial charge is 0.343 e. The second-order valence-corrected chi connectivity index (χ2v) is 5.47. The number of rotatable bonds is 1. The van der Waals surface area contributed by atoms with E-state index in [4.69, 9.17) is 0 Å². The van der Waals surface area contributed by atoms with Crippen molar-refractivity contribution in [1.82, 2.24) is 9.78 Å². The molecule has 1 aromatic heterocycles. The fourth-order valence-electron chi connectivity index (χ4n) is 1.98. The fraction of sp³-hybridized carbons (Fsp3) is 0.727. The van der Waals surface area contributed by atoms with Gasteiger partial charge in [-0.05, 0) is 0 Å². The Morgan fingerprint density at radius 2 is 1.88 bits per heavy atom. The minimum absolute atomic E-state index is 0.0205. The van der Waals surface area contributed by atoms with Crippen molar-refractivity contribution in [3.8, 4) is 0 Å². The van der Waals surface area contributed by atoms with Gasteiger partial charge >= 0.3 is 0 Å². The summed E-state index contributed by atoms with van der Waals surface area (Å²) < 4.78 is 27.2. The van der Waals surface area contributed by atoms with Crippen molar-refractivity contribution in [3.05, 3.63) is 11.8 Å². The van der Waals surface area contributed by atoms with Gasteiger partial charge in [0.15, 0.2) is 5.82 Å². The van der Waals surface area contributed by atoms with Crippen LogP contribution in [0.5, 0.6) is 0 Å². The van der Waals surface area contributed by atoms with Crippen molar-refractivity contribution in [3.63, 3.8) is 0 Å². The third-order valence-electron chi connectivity index (χ3n) is 2.80. The van der Waals surface area contributed by atoms with E-state index in [1.54, 1.807) is 9.58 Å². The third kappa shape index (κ3) is 1.90. The number of hydrogen-bond acceptors (Lipinski definition) is 2. The Morgan fingerprint density at radius 1 is 1.31 bits per heavy atom. The lowest BCUT2D eigenvalue weighted by molar-refractivity contribution is -0.0267. The molecule has 0 saturated carbocycles. The van der Waals surface area contributed by atoms with E-state index in [-0.39, 0.29) is 18.5 Å². The third-order valence-corrected chi connectivity index (χ3v) is 2.80. The zero-order valence-electron chi connectivity index (χ0n) is 10.1. The predicted molar refractivity (Wildman–Crippen MR) is 59.1 cm³/mol. The first-order chi connectivity index (χ1) is 7.19. The monoisotopic (exact) mass is 229 g/mol. The van der Waals surface area contributed by atoms with E-state index in [9.17, 15) is 8.78 Å². The van der Waals surface area contributed by atoms with Crippen molar-refractivity contribution in [1.29, 1.82) is 0 Å². The lowest BCUT2D eigenvalue weighted by Gasteiger charge is -2.38. The van der Waals surface area contributed by atoms with E-state index < -0.39 is 5.92 Å². The van der Waals surface area contributed by atoms with Gasteiger partial charge in [0.1, 0.15) is 0 Å². The molecule has 0 radical (unpaired) electrons. The van der Waals surface area contributed by atoms with Gasteiger partial charge in [0.25, 0.3) is 5.92 Å². The highest BCUT2D eigenvalue weighted by Gasteiger charge is 2.45. The Labute approximate surface area is 94.0 Å². The van der Waals surface area contributed by atoms with E-state index >= 15 is 0 Å². The highest BCUT2D eigenvalue weighted by atomic mass is 19.3. The van der Waals surface area contributed by atoms with Gasteiger partial charge in [0, 0.05) is 24.2 Å². The lowest BCUT2D eigenvalue weighted by atomic mass is 9.92. The number of nitrogens with zero attached hydrogens (tertiary/aromatic N) is 3. The van der Waals surface area contributed by atoms with Crippen LogP contribution < -0.4 is 4.90 Å². The highest BCUT2D eigenvalue weighted by Crippen LogP contribution is 2.33. The highest BCUT2D eigenvalue weighted by molar-refractivity contribution is 5.45. The zero-order valence-corrected chi connectivity index (χ0v) is 10.1. The number of aromatic nitrogens is 2. The van der Waals surface area contributed by atoms with Gasteiger partial charge in [-0.2, -0.15) is 5.10 Å². The summed E-state index contributed by atoms with van der Waals surface area (Å²) in [5.74, 6) is -1.89. The van der Waals surface area contributed by atoms with Crippen molar-refractivity contribution in [2.24, 2.45) is 7.05 Å². The molecular weight excluding hydrogens is 212 g/mol. The Balaban J connectivity index is 2.20. The van der Waals surface area contributed by atoms with Crippen LogP contribution in [0, 0.1) is 0 Å². The van der Waals surface area contributed by atoms with Gasteiger partial charge in [0.05, 0.1) is 13.1 Å². The summed E-state index contributed by atoms with van der Waals surface area (Å²) in [5, 5.41) is 4.27. The van der Waals surface area contributed by atoms with E-state index in [2.05, 4.69) is 25.9 Å². The molecule has 2 heterocycles. The SMILES string of the molecule is Cn1nc(N2CC(F)(F)C2)cc1C(C)(C)C. The molecule has 1 aliphatic rings. The predicted octanol–water partition coefficient (Wildman–Crippen LogP) is 2.17. The van der Waals surface area contributed by atoms with E-state index in [1.807, 2.05) is 13.1 Å². The topological polar surface area (TPSA) is 21.1 Å². The maximum Gasteiger partial charge on any atom is 0.282 e. The van der Waals surface area contributed by atoms with Crippen molar-refractivity contribution >= 4 is 5.82 Å². The maximum absolute atomic E-state index is 12.7. The summed E-state index contributed by atoms with van der Waals surface area (Å²) in [7, 11) is 1.85. The second kappa shape index (κ2) is 3.18. The van der Waals surface area contributed by atoms with Gasteiger partial charge in [-0.3, -0.25) is 4.68 Å².